The second-order valence-electron chi connectivity index (χ2n) is 4.06. The molecule has 98 valence electrons. The Hall–Kier alpha value is -3.02. The van der Waals surface area contributed by atoms with Crippen LogP contribution >= 0.6 is 0 Å². The minimum Gasteiger partial charge on any atom is -0.264 e. The van der Waals surface area contributed by atoms with Gasteiger partial charge in [-0.25, -0.2) is 9.89 Å². The van der Waals surface area contributed by atoms with Crippen molar-refractivity contribution in [2.24, 2.45) is 5.10 Å². The zero-order chi connectivity index (χ0) is 13.8. The number of hydrogen-bond donors (Lipinski definition) is 1. The van der Waals surface area contributed by atoms with Crippen molar-refractivity contribution in [3.63, 3.8) is 0 Å². The number of nitrogens with one attached hydrogen (secondary N) is 1. The Kier molecular flexibility index (Phi) is 3.20. The first-order chi connectivity index (χ1) is 9.84. The van der Waals surface area contributed by atoms with Gasteiger partial charge < -0.3 is 0 Å². The zero-order valence-electron chi connectivity index (χ0n) is 10.5. The molecular formula is C14H11N5O. The molecule has 0 atom stereocenters. The Balaban J connectivity index is 2.01. The fraction of sp³-hybridized carbons (Fsp3) is 0. The minimum absolute atomic E-state index is 0.385. The highest BCUT2D eigenvalue weighted by Gasteiger charge is 2.08. The molecule has 6 heteroatoms. The third-order valence-corrected chi connectivity index (χ3v) is 2.69. The third kappa shape index (κ3) is 2.39. The molecular weight excluding hydrogens is 254 g/mol. The molecule has 6 nitrogen and oxygen atoms in total. The summed E-state index contributed by atoms with van der Waals surface area (Å²) in [4.78, 5) is 15.7. The van der Waals surface area contributed by atoms with Crippen LogP contribution in [0.2, 0.25) is 0 Å². The number of aromatic amines is 1. The van der Waals surface area contributed by atoms with Gasteiger partial charge in [0.05, 0.1) is 6.21 Å². The van der Waals surface area contributed by atoms with Crippen molar-refractivity contribution < 1.29 is 0 Å². The van der Waals surface area contributed by atoms with Gasteiger partial charge in [0.15, 0.2) is 5.82 Å². The lowest BCUT2D eigenvalue weighted by molar-refractivity contribution is 0.842. The first-order valence-electron chi connectivity index (χ1n) is 6.02. The molecule has 0 radical (unpaired) electrons. The van der Waals surface area contributed by atoms with Crippen LogP contribution < -0.4 is 5.69 Å². The van der Waals surface area contributed by atoms with Gasteiger partial charge in [-0.2, -0.15) is 14.9 Å². The molecule has 0 aliphatic rings. The number of nitrogens with zero attached hydrogens (tertiary/aromatic N) is 4. The molecule has 3 aromatic rings. The predicted molar refractivity (Wildman–Crippen MR) is 75.5 cm³/mol. The van der Waals surface area contributed by atoms with Gasteiger partial charge in [-0.05, 0) is 6.07 Å². The Bertz CT molecular complexity index is 774. The van der Waals surface area contributed by atoms with E-state index in [0.29, 0.717) is 5.82 Å². The topological polar surface area (TPSA) is 75.9 Å². The van der Waals surface area contributed by atoms with E-state index < -0.39 is 0 Å². The van der Waals surface area contributed by atoms with E-state index in [1.54, 1.807) is 24.7 Å². The fourth-order valence-electron chi connectivity index (χ4n) is 1.75. The van der Waals surface area contributed by atoms with Crippen molar-refractivity contribution in [1.29, 1.82) is 0 Å². The van der Waals surface area contributed by atoms with Gasteiger partial charge in [0.2, 0.25) is 0 Å². The van der Waals surface area contributed by atoms with Gasteiger partial charge in [-0.1, -0.05) is 36.4 Å². The number of H-pyrrole nitrogens is 1. The van der Waals surface area contributed by atoms with E-state index in [1.165, 1.54) is 4.68 Å². The quantitative estimate of drug-likeness (QED) is 0.729. The van der Waals surface area contributed by atoms with Crippen LogP contribution in [-0.2, 0) is 0 Å². The van der Waals surface area contributed by atoms with E-state index in [9.17, 15) is 4.79 Å². The second-order valence-corrected chi connectivity index (χ2v) is 4.06. The van der Waals surface area contributed by atoms with Gasteiger partial charge in [0.25, 0.3) is 0 Å². The molecule has 1 aromatic carbocycles. The fourth-order valence-corrected chi connectivity index (χ4v) is 1.75. The smallest absolute Gasteiger partial charge is 0.264 e. The molecule has 3 rings (SSSR count). The molecule has 0 aliphatic heterocycles. The van der Waals surface area contributed by atoms with Gasteiger partial charge in [-0.3, -0.25) is 4.98 Å². The van der Waals surface area contributed by atoms with E-state index in [2.05, 4.69) is 20.3 Å². The summed E-state index contributed by atoms with van der Waals surface area (Å²) in [5.74, 6) is 0.468. The van der Waals surface area contributed by atoms with Crippen LogP contribution in [0.15, 0.2) is 64.8 Å². The van der Waals surface area contributed by atoms with Crippen LogP contribution in [0.1, 0.15) is 5.56 Å². The monoisotopic (exact) mass is 265 g/mol. The van der Waals surface area contributed by atoms with Crippen LogP contribution in [0.4, 0.5) is 0 Å². The van der Waals surface area contributed by atoms with Gasteiger partial charge in [0.1, 0.15) is 0 Å². The number of benzene rings is 1. The van der Waals surface area contributed by atoms with Crippen molar-refractivity contribution in [2.45, 2.75) is 0 Å². The van der Waals surface area contributed by atoms with E-state index in [4.69, 9.17) is 0 Å². The van der Waals surface area contributed by atoms with Crippen LogP contribution in [0.3, 0.4) is 0 Å². The van der Waals surface area contributed by atoms with Crippen LogP contribution in [-0.4, -0.2) is 26.1 Å². The van der Waals surface area contributed by atoms with Crippen LogP contribution in [0.5, 0.6) is 0 Å². The van der Waals surface area contributed by atoms with Gasteiger partial charge in [-0.15, -0.1) is 0 Å². The van der Waals surface area contributed by atoms with Crippen molar-refractivity contribution in [3.8, 4) is 11.4 Å². The lowest BCUT2D eigenvalue weighted by atomic mass is 10.2. The Labute approximate surface area is 114 Å². The molecule has 0 unspecified atom stereocenters. The van der Waals surface area contributed by atoms with Gasteiger partial charge in [0, 0.05) is 23.5 Å². The molecule has 0 fully saturated rings. The summed E-state index contributed by atoms with van der Waals surface area (Å²) in [5, 5.41) is 10.6. The molecule has 0 aliphatic carbocycles. The van der Waals surface area contributed by atoms with Crippen LogP contribution in [0.25, 0.3) is 11.4 Å². The summed E-state index contributed by atoms with van der Waals surface area (Å²) < 4.78 is 1.22. The molecule has 1 N–H and O–H groups in total. The average molecular weight is 265 g/mol. The van der Waals surface area contributed by atoms with Crippen molar-refractivity contribution in [1.82, 2.24) is 19.9 Å². The average Bonchev–Trinajstić information content (AvgIpc) is 2.88. The molecule has 0 spiro atoms. The predicted octanol–water partition coefficient (Wildman–Crippen LogP) is 1.52. The zero-order valence-corrected chi connectivity index (χ0v) is 10.5. The highest BCUT2D eigenvalue weighted by molar-refractivity contribution is 5.78. The third-order valence-electron chi connectivity index (χ3n) is 2.69. The van der Waals surface area contributed by atoms with E-state index in [1.807, 2.05) is 36.4 Å². The number of rotatable bonds is 3. The Morgan fingerprint density at radius 2 is 2.00 bits per heavy atom. The standard InChI is InChI=1S/C14H11N5O/c20-14-18-17-13(12-6-2-1-3-7-12)19(14)16-10-11-5-4-8-15-9-11/h1-10H,(H,18,20)/b16-10+. The highest BCUT2D eigenvalue weighted by Crippen LogP contribution is 2.13. The Morgan fingerprint density at radius 3 is 2.75 bits per heavy atom. The molecule has 2 heterocycles. The van der Waals surface area contributed by atoms with E-state index >= 15 is 0 Å². The van der Waals surface area contributed by atoms with Crippen molar-refractivity contribution in [3.05, 3.63) is 70.9 Å². The van der Waals surface area contributed by atoms with Crippen molar-refractivity contribution >= 4 is 6.21 Å². The highest BCUT2D eigenvalue weighted by atomic mass is 16.2. The maximum atomic E-state index is 11.8. The summed E-state index contributed by atoms with van der Waals surface area (Å²) in [6.07, 6.45) is 4.91. The number of hydrogen-bond acceptors (Lipinski definition) is 4. The summed E-state index contributed by atoms with van der Waals surface area (Å²) in [7, 11) is 0. The summed E-state index contributed by atoms with van der Waals surface area (Å²) in [5.41, 5.74) is 1.23. The molecule has 0 amide bonds. The first-order valence-corrected chi connectivity index (χ1v) is 6.02. The SMILES string of the molecule is O=c1[nH]nc(-c2ccccc2)n1/N=C/c1cccnc1. The summed E-state index contributed by atoms with van der Waals surface area (Å²) >= 11 is 0. The maximum Gasteiger partial charge on any atom is 0.364 e. The minimum atomic E-state index is -0.385. The maximum absolute atomic E-state index is 11.8. The normalized spacial score (nSPS) is 11.0. The molecule has 20 heavy (non-hydrogen) atoms. The number of pyridine rings is 1. The first kappa shape index (κ1) is 12.0. The lowest BCUT2D eigenvalue weighted by Crippen LogP contribution is -2.13. The Morgan fingerprint density at radius 1 is 1.15 bits per heavy atom. The van der Waals surface area contributed by atoms with Crippen molar-refractivity contribution in [2.75, 3.05) is 0 Å². The van der Waals surface area contributed by atoms with E-state index in [0.717, 1.165) is 11.1 Å². The lowest BCUT2D eigenvalue weighted by Gasteiger charge is -1.99. The number of aromatic nitrogens is 4. The molecule has 2 aromatic heterocycles. The molecule has 0 saturated carbocycles. The molecule has 0 bridgehead atoms. The second kappa shape index (κ2) is 5.31. The van der Waals surface area contributed by atoms with Gasteiger partial charge >= 0.3 is 5.69 Å². The van der Waals surface area contributed by atoms with E-state index in [-0.39, 0.29) is 5.69 Å². The summed E-state index contributed by atoms with van der Waals surface area (Å²) in [6, 6.07) is 13.0. The van der Waals surface area contributed by atoms with Crippen LogP contribution in [0, 0.1) is 0 Å². The largest absolute Gasteiger partial charge is 0.364 e. The molecule has 0 saturated heterocycles. The summed E-state index contributed by atoms with van der Waals surface area (Å²) in [6.45, 7) is 0.